The molecule has 1 aliphatic heterocycles. The van der Waals surface area contributed by atoms with Crippen molar-refractivity contribution in [2.75, 3.05) is 13.2 Å². The normalized spacial score (nSPS) is 16.3. The molecular formula is C21H19NO4. The van der Waals surface area contributed by atoms with Gasteiger partial charge in [0.05, 0.1) is 12.0 Å². The molecule has 2 heterocycles. The van der Waals surface area contributed by atoms with Crippen molar-refractivity contribution in [3.05, 3.63) is 81.2 Å². The average Bonchev–Trinajstić information content (AvgIpc) is 2.65. The Labute approximate surface area is 150 Å². The second-order valence-corrected chi connectivity index (χ2v) is 6.49. The standard InChI is InChI=1S/C21H19NO4/c1-13-6-7-16-17(23)11-19(26-18(16)10-13)21(24)22-12-20-15-5-3-2-4-14(15)8-9-25-20/h2-7,10-11,20H,8-9,12H2,1H3,(H,22,24). The summed E-state index contributed by atoms with van der Waals surface area (Å²) in [4.78, 5) is 24.7. The molecule has 1 aromatic heterocycles. The number of nitrogens with one attached hydrogen (secondary N) is 1. The third kappa shape index (κ3) is 3.13. The number of hydrogen-bond acceptors (Lipinski definition) is 4. The van der Waals surface area contributed by atoms with E-state index in [0.29, 0.717) is 24.1 Å². The highest BCUT2D eigenvalue weighted by atomic mass is 16.5. The minimum atomic E-state index is -0.419. The Balaban J connectivity index is 1.54. The number of fused-ring (bicyclic) bond motifs is 2. The number of benzene rings is 2. The summed E-state index contributed by atoms with van der Waals surface area (Å²) >= 11 is 0. The highest BCUT2D eigenvalue weighted by Gasteiger charge is 2.22. The van der Waals surface area contributed by atoms with Gasteiger partial charge in [-0.25, -0.2) is 0 Å². The molecule has 26 heavy (non-hydrogen) atoms. The topological polar surface area (TPSA) is 68.5 Å². The fourth-order valence-electron chi connectivity index (χ4n) is 3.29. The number of aryl methyl sites for hydroxylation is 1. The summed E-state index contributed by atoms with van der Waals surface area (Å²) in [5, 5.41) is 3.29. The lowest BCUT2D eigenvalue weighted by Gasteiger charge is -2.26. The van der Waals surface area contributed by atoms with E-state index in [-0.39, 0.29) is 17.3 Å². The Kier molecular flexibility index (Phi) is 4.31. The van der Waals surface area contributed by atoms with E-state index < -0.39 is 5.91 Å². The van der Waals surface area contributed by atoms with Crippen LogP contribution in [0, 0.1) is 6.92 Å². The smallest absolute Gasteiger partial charge is 0.287 e. The van der Waals surface area contributed by atoms with Crippen LogP contribution in [0.15, 0.2) is 57.7 Å². The van der Waals surface area contributed by atoms with Gasteiger partial charge in [-0.05, 0) is 42.2 Å². The molecule has 0 spiro atoms. The molecule has 0 aliphatic carbocycles. The molecule has 0 saturated heterocycles. The van der Waals surface area contributed by atoms with Crippen LogP contribution in [0.2, 0.25) is 0 Å². The first-order valence-corrected chi connectivity index (χ1v) is 8.64. The van der Waals surface area contributed by atoms with Crippen LogP contribution >= 0.6 is 0 Å². The Morgan fingerprint density at radius 2 is 2.04 bits per heavy atom. The predicted molar refractivity (Wildman–Crippen MR) is 98.4 cm³/mol. The first-order chi connectivity index (χ1) is 12.6. The van der Waals surface area contributed by atoms with Gasteiger partial charge < -0.3 is 14.5 Å². The number of carbonyl (C=O) groups excluding carboxylic acids is 1. The molecule has 0 saturated carbocycles. The van der Waals surface area contributed by atoms with Gasteiger partial charge in [0.2, 0.25) is 0 Å². The maximum Gasteiger partial charge on any atom is 0.287 e. The largest absolute Gasteiger partial charge is 0.451 e. The molecule has 1 N–H and O–H groups in total. The minimum Gasteiger partial charge on any atom is -0.451 e. The van der Waals surface area contributed by atoms with E-state index in [0.717, 1.165) is 17.5 Å². The van der Waals surface area contributed by atoms with Gasteiger partial charge in [-0.15, -0.1) is 0 Å². The van der Waals surface area contributed by atoms with E-state index in [1.165, 1.54) is 11.6 Å². The van der Waals surface area contributed by atoms with Crippen molar-refractivity contribution in [2.45, 2.75) is 19.4 Å². The molecule has 0 fully saturated rings. The zero-order chi connectivity index (χ0) is 18.1. The van der Waals surface area contributed by atoms with E-state index in [2.05, 4.69) is 11.4 Å². The Morgan fingerprint density at radius 3 is 2.92 bits per heavy atom. The van der Waals surface area contributed by atoms with Crippen LogP contribution in [0.4, 0.5) is 0 Å². The maximum absolute atomic E-state index is 12.5. The molecule has 0 bridgehead atoms. The highest BCUT2D eigenvalue weighted by Crippen LogP contribution is 2.26. The van der Waals surface area contributed by atoms with E-state index in [1.54, 1.807) is 12.1 Å². The summed E-state index contributed by atoms with van der Waals surface area (Å²) in [5.74, 6) is -0.408. The maximum atomic E-state index is 12.5. The van der Waals surface area contributed by atoms with Gasteiger partial charge in [0.1, 0.15) is 11.7 Å². The molecule has 1 amide bonds. The van der Waals surface area contributed by atoms with Crippen molar-refractivity contribution >= 4 is 16.9 Å². The molecule has 5 heteroatoms. The summed E-state index contributed by atoms with van der Waals surface area (Å²) in [7, 11) is 0. The number of hydrogen-bond donors (Lipinski definition) is 1. The average molecular weight is 349 g/mol. The zero-order valence-electron chi connectivity index (χ0n) is 14.5. The molecule has 5 nitrogen and oxygen atoms in total. The molecule has 0 radical (unpaired) electrons. The fourth-order valence-corrected chi connectivity index (χ4v) is 3.29. The second kappa shape index (κ2) is 6.77. The predicted octanol–water partition coefficient (Wildman–Crippen LogP) is 3.15. The van der Waals surface area contributed by atoms with Crippen LogP contribution in [0.25, 0.3) is 11.0 Å². The van der Waals surface area contributed by atoms with Crippen LogP contribution in [-0.4, -0.2) is 19.1 Å². The van der Waals surface area contributed by atoms with Crippen molar-refractivity contribution < 1.29 is 13.9 Å². The van der Waals surface area contributed by atoms with Gasteiger partial charge in [0.15, 0.2) is 11.2 Å². The first-order valence-electron chi connectivity index (χ1n) is 8.64. The van der Waals surface area contributed by atoms with E-state index >= 15 is 0 Å². The fraction of sp³-hybridized carbons (Fsp3) is 0.238. The number of amides is 1. The highest BCUT2D eigenvalue weighted by molar-refractivity contribution is 5.93. The summed E-state index contributed by atoms with van der Waals surface area (Å²) in [5.41, 5.74) is 3.49. The van der Waals surface area contributed by atoms with Crippen LogP contribution in [0.1, 0.15) is 33.3 Å². The molecule has 1 aliphatic rings. The van der Waals surface area contributed by atoms with Crippen LogP contribution < -0.4 is 10.7 Å². The first kappa shape index (κ1) is 16.5. The summed E-state index contributed by atoms with van der Waals surface area (Å²) in [6.07, 6.45) is 0.679. The van der Waals surface area contributed by atoms with Gasteiger partial charge in [-0.1, -0.05) is 30.3 Å². The molecule has 132 valence electrons. The second-order valence-electron chi connectivity index (χ2n) is 6.49. The van der Waals surface area contributed by atoms with Crippen LogP contribution in [-0.2, 0) is 11.2 Å². The van der Waals surface area contributed by atoms with Crippen molar-refractivity contribution in [1.29, 1.82) is 0 Å². The van der Waals surface area contributed by atoms with Crippen molar-refractivity contribution in [3.8, 4) is 0 Å². The van der Waals surface area contributed by atoms with Crippen molar-refractivity contribution in [1.82, 2.24) is 5.32 Å². The van der Waals surface area contributed by atoms with Crippen molar-refractivity contribution in [3.63, 3.8) is 0 Å². The lowest BCUT2D eigenvalue weighted by Crippen LogP contribution is -2.32. The summed E-state index contributed by atoms with van der Waals surface area (Å²) in [6.45, 7) is 2.86. The summed E-state index contributed by atoms with van der Waals surface area (Å²) < 4.78 is 11.4. The molecule has 1 atom stereocenters. The Hall–Kier alpha value is -2.92. The van der Waals surface area contributed by atoms with Crippen molar-refractivity contribution in [2.24, 2.45) is 0 Å². The van der Waals surface area contributed by atoms with Crippen LogP contribution in [0.5, 0.6) is 0 Å². The van der Waals surface area contributed by atoms with E-state index in [4.69, 9.17) is 9.15 Å². The van der Waals surface area contributed by atoms with Gasteiger partial charge >= 0.3 is 0 Å². The molecule has 1 unspecified atom stereocenters. The third-order valence-corrected chi connectivity index (χ3v) is 4.65. The lowest BCUT2D eigenvalue weighted by molar-refractivity contribution is 0.0408. The Bertz CT molecular complexity index is 1040. The monoisotopic (exact) mass is 349 g/mol. The molecule has 4 rings (SSSR count). The summed E-state index contributed by atoms with van der Waals surface area (Å²) in [6, 6.07) is 14.6. The SMILES string of the molecule is Cc1ccc2c(=O)cc(C(=O)NCC3OCCc4ccccc43)oc2c1. The van der Waals surface area contributed by atoms with Gasteiger partial charge in [0.25, 0.3) is 5.91 Å². The molecular weight excluding hydrogens is 330 g/mol. The minimum absolute atomic E-state index is 0.0113. The molecule has 3 aromatic rings. The lowest BCUT2D eigenvalue weighted by atomic mass is 9.97. The van der Waals surface area contributed by atoms with E-state index in [1.807, 2.05) is 31.2 Å². The number of carbonyl (C=O) groups is 1. The van der Waals surface area contributed by atoms with Gasteiger partial charge in [-0.3, -0.25) is 9.59 Å². The van der Waals surface area contributed by atoms with Gasteiger partial charge in [-0.2, -0.15) is 0 Å². The van der Waals surface area contributed by atoms with E-state index in [9.17, 15) is 9.59 Å². The third-order valence-electron chi connectivity index (χ3n) is 4.65. The quantitative estimate of drug-likeness (QED) is 0.789. The zero-order valence-corrected chi connectivity index (χ0v) is 14.5. The number of ether oxygens (including phenoxy) is 1. The van der Waals surface area contributed by atoms with Gasteiger partial charge in [0, 0.05) is 12.6 Å². The Morgan fingerprint density at radius 1 is 1.19 bits per heavy atom. The number of rotatable bonds is 3. The van der Waals surface area contributed by atoms with Crippen LogP contribution in [0.3, 0.4) is 0 Å². The molecule has 2 aromatic carbocycles.